The molecule has 0 fully saturated rings. The molecule has 0 radical (unpaired) electrons. The number of nitrogens with zero attached hydrogens (tertiary/aromatic N) is 1. The normalized spacial score (nSPS) is 12.8. The van der Waals surface area contributed by atoms with Crippen LogP contribution in [0.5, 0.6) is 0 Å². The van der Waals surface area contributed by atoms with Crippen LogP contribution in [0, 0.1) is 11.7 Å². The molecule has 0 aliphatic rings. The van der Waals surface area contributed by atoms with Crippen molar-refractivity contribution in [3.63, 3.8) is 0 Å². The summed E-state index contributed by atoms with van der Waals surface area (Å²) >= 11 is 0. The number of hydrogen-bond acceptors (Lipinski definition) is 3. The first-order chi connectivity index (χ1) is 12.7. The molecule has 0 aliphatic heterocycles. The molecule has 0 aromatic heterocycles. The smallest absolute Gasteiger partial charge is 0.264 e. The average Bonchev–Trinajstić information content (AvgIpc) is 2.65. The molecule has 0 bridgehead atoms. The maximum Gasteiger partial charge on any atom is 0.264 e. The van der Waals surface area contributed by atoms with Gasteiger partial charge in [-0.25, -0.2) is 12.8 Å². The van der Waals surface area contributed by atoms with Gasteiger partial charge in [0.1, 0.15) is 5.82 Å². The maximum absolute atomic E-state index is 14.0. The molecule has 1 N–H and O–H groups in total. The minimum atomic E-state index is -3.93. The first-order valence-electron chi connectivity index (χ1n) is 8.92. The number of anilines is 1. The Kier molecular flexibility index (Phi) is 6.78. The summed E-state index contributed by atoms with van der Waals surface area (Å²) in [4.78, 5) is -0.0694. The summed E-state index contributed by atoms with van der Waals surface area (Å²) in [7, 11) is -3.93. The van der Waals surface area contributed by atoms with Gasteiger partial charge in [-0.1, -0.05) is 39.0 Å². The number of aryl methyl sites for hydroxylation is 1. The van der Waals surface area contributed by atoms with Crippen molar-refractivity contribution in [3.8, 4) is 0 Å². The quantitative estimate of drug-likeness (QED) is 0.676. The number of sulfonamides is 1. The van der Waals surface area contributed by atoms with Crippen molar-refractivity contribution in [2.24, 2.45) is 5.92 Å². The minimum absolute atomic E-state index is 0.0694. The summed E-state index contributed by atoms with van der Waals surface area (Å²) in [6, 6.07) is 10.8. The topological polar surface area (TPSA) is 57.6 Å². The maximum atomic E-state index is 14.0. The monoisotopic (exact) mass is 391 g/mol. The average molecular weight is 392 g/mol. The molecule has 1 unspecified atom stereocenters. The summed E-state index contributed by atoms with van der Waals surface area (Å²) < 4.78 is 41.9. The number of hydrogen-bond donors (Lipinski definition) is 1. The zero-order chi connectivity index (χ0) is 20.2. The zero-order valence-electron chi connectivity index (χ0n) is 15.9. The van der Waals surface area contributed by atoms with E-state index in [1.807, 2.05) is 32.9 Å². The first-order valence-corrected chi connectivity index (χ1v) is 10.4. The molecular weight excluding hydrogens is 365 g/mol. The van der Waals surface area contributed by atoms with Gasteiger partial charge in [-0.3, -0.25) is 4.31 Å². The van der Waals surface area contributed by atoms with Gasteiger partial charge in [0.25, 0.3) is 10.0 Å². The molecule has 146 valence electrons. The number of halogens is 1. The highest BCUT2D eigenvalue weighted by Crippen LogP contribution is 2.28. The second-order valence-corrected chi connectivity index (χ2v) is 8.68. The van der Waals surface area contributed by atoms with E-state index >= 15 is 0 Å². The molecule has 0 heterocycles. The van der Waals surface area contributed by atoms with Crippen LogP contribution in [0.4, 0.5) is 10.1 Å². The lowest BCUT2D eigenvalue weighted by Gasteiger charge is -2.27. The third-order valence-corrected chi connectivity index (χ3v) is 6.05. The Morgan fingerprint density at radius 3 is 2.33 bits per heavy atom. The molecule has 1 atom stereocenters. The fourth-order valence-corrected chi connectivity index (χ4v) is 4.40. The lowest BCUT2D eigenvalue weighted by Crippen LogP contribution is -2.34. The highest BCUT2D eigenvalue weighted by molar-refractivity contribution is 7.92. The Labute approximate surface area is 161 Å². The molecule has 0 aliphatic carbocycles. The Morgan fingerprint density at radius 1 is 1.19 bits per heavy atom. The number of rotatable bonds is 8. The minimum Gasteiger partial charge on any atom is -0.384 e. The molecule has 0 spiro atoms. The summed E-state index contributed by atoms with van der Waals surface area (Å²) in [5.74, 6) is -0.589. The van der Waals surface area contributed by atoms with E-state index in [1.54, 1.807) is 12.1 Å². The highest BCUT2D eigenvalue weighted by atomic mass is 32.2. The van der Waals surface area contributed by atoms with E-state index in [9.17, 15) is 17.9 Å². The van der Waals surface area contributed by atoms with Gasteiger partial charge in [0.05, 0.1) is 16.7 Å². The summed E-state index contributed by atoms with van der Waals surface area (Å²) in [5, 5.41) is 9.89. The standard InChI is InChI=1S/C21H26FNO3S/c1-5-16-7-9-17(10-8-16)23(14-15(3)4)27(25,26)18-11-12-20(22)19(13-18)21(24)6-2/h6-13,15,21,24H,2,5,14H2,1,3-4H3. The Morgan fingerprint density at radius 2 is 1.81 bits per heavy atom. The summed E-state index contributed by atoms with van der Waals surface area (Å²) in [6.07, 6.45) is 0.741. The van der Waals surface area contributed by atoms with Crippen molar-refractivity contribution >= 4 is 15.7 Å². The van der Waals surface area contributed by atoms with Crippen molar-refractivity contribution in [1.82, 2.24) is 0 Å². The largest absolute Gasteiger partial charge is 0.384 e. The number of benzene rings is 2. The third kappa shape index (κ3) is 4.76. The molecule has 0 amide bonds. The first kappa shape index (κ1) is 21.1. The molecule has 6 heteroatoms. The van der Waals surface area contributed by atoms with E-state index in [-0.39, 0.29) is 22.9 Å². The highest BCUT2D eigenvalue weighted by Gasteiger charge is 2.27. The fourth-order valence-electron chi connectivity index (χ4n) is 2.74. The van der Waals surface area contributed by atoms with Gasteiger partial charge in [0.15, 0.2) is 0 Å². The van der Waals surface area contributed by atoms with Crippen LogP contribution in [0.15, 0.2) is 60.0 Å². The van der Waals surface area contributed by atoms with E-state index in [4.69, 9.17) is 0 Å². The molecule has 27 heavy (non-hydrogen) atoms. The van der Waals surface area contributed by atoms with Gasteiger partial charge in [-0.2, -0.15) is 0 Å². The van der Waals surface area contributed by atoms with Crippen LogP contribution >= 0.6 is 0 Å². The van der Waals surface area contributed by atoms with Crippen LogP contribution in [0.1, 0.15) is 38.0 Å². The Hall–Kier alpha value is -2.18. The van der Waals surface area contributed by atoms with Gasteiger partial charge < -0.3 is 5.11 Å². The lowest BCUT2D eigenvalue weighted by atomic mass is 10.1. The van der Waals surface area contributed by atoms with E-state index in [2.05, 4.69) is 6.58 Å². The van der Waals surface area contributed by atoms with Crippen LogP contribution < -0.4 is 4.31 Å². The second-order valence-electron chi connectivity index (χ2n) is 6.81. The van der Waals surface area contributed by atoms with Crippen LogP contribution in [0.25, 0.3) is 0 Å². The fraction of sp³-hybridized carbons (Fsp3) is 0.333. The number of aliphatic hydroxyl groups excluding tert-OH is 1. The van der Waals surface area contributed by atoms with Gasteiger partial charge >= 0.3 is 0 Å². The Bertz CT molecular complexity index is 892. The SMILES string of the molecule is C=CC(O)c1cc(S(=O)(=O)N(CC(C)C)c2ccc(CC)cc2)ccc1F. The van der Waals surface area contributed by atoms with E-state index < -0.39 is 21.9 Å². The lowest BCUT2D eigenvalue weighted by molar-refractivity contribution is 0.223. The zero-order valence-corrected chi connectivity index (χ0v) is 16.7. The van der Waals surface area contributed by atoms with E-state index in [1.165, 1.54) is 16.4 Å². The summed E-state index contributed by atoms with van der Waals surface area (Å²) in [5.41, 5.74) is 1.55. The Balaban J connectivity index is 2.55. The molecule has 0 saturated carbocycles. The molecule has 2 aromatic rings. The van der Waals surface area contributed by atoms with Crippen LogP contribution in [-0.2, 0) is 16.4 Å². The second kappa shape index (κ2) is 8.67. The number of aliphatic hydroxyl groups is 1. The predicted molar refractivity (Wildman–Crippen MR) is 107 cm³/mol. The van der Waals surface area contributed by atoms with Crippen LogP contribution in [0.2, 0.25) is 0 Å². The predicted octanol–water partition coefficient (Wildman–Crippen LogP) is 4.46. The third-order valence-electron chi connectivity index (χ3n) is 4.26. The van der Waals surface area contributed by atoms with E-state index in [0.717, 1.165) is 24.1 Å². The molecule has 2 aromatic carbocycles. The molecule has 4 nitrogen and oxygen atoms in total. The molecular formula is C21H26FNO3S. The van der Waals surface area contributed by atoms with Crippen molar-refractivity contribution < 1.29 is 17.9 Å². The summed E-state index contributed by atoms with van der Waals surface area (Å²) in [6.45, 7) is 9.61. The van der Waals surface area contributed by atoms with Gasteiger partial charge in [-0.05, 0) is 48.2 Å². The van der Waals surface area contributed by atoms with Crippen LogP contribution in [-0.4, -0.2) is 20.1 Å². The van der Waals surface area contributed by atoms with Gasteiger partial charge in [0.2, 0.25) is 0 Å². The van der Waals surface area contributed by atoms with Crippen molar-refractivity contribution in [2.75, 3.05) is 10.8 Å². The van der Waals surface area contributed by atoms with Crippen molar-refractivity contribution in [2.45, 2.75) is 38.2 Å². The molecule has 2 rings (SSSR count). The molecule has 0 saturated heterocycles. The van der Waals surface area contributed by atoms with Crippen molar-refractivity contribution in [3.05, 3.63) is 72.1 Å². The van der Waals surface area contributed by atoms with Crippen molar-refractivity contribution in [1.29, 1.82) is 0 Å². The van der Waals surface area contributed by atoms with Gasteiger partial charge in [0, 0.05) is 12.1 Å². The van der Waals surface area contributed by atoms with Crippen LogP contribution in [0.3, 0.4) is 0 Å². The van der Waals surface area contributed by atoms with Gasteiger partial charge in [-0.15, -0.1) is 6.58 Å². The van der Waals surface area contributed by atoms with E-state index in [0.29, 0.717) is 5.69 Å².